The van der Waals surface area contributed by atoms with Crippen LogP contribution in [0.15, 0.2) is 56.6 Å². The van der Waals surface area contributed by atoms with Crippen LogP contribution in [-0.2, 0) is 21.4 Å². The third kappa shape index (κ3) is 4.39. The summed E-state index contributed by atoms with van der Waals surface area (Å²) in [4.78, 5) is 24.7. The number of aromatic nitrogens is 1. The number of nitrogens with zero attached hydrogens (tertiary/aromatic N) is 2. The lowest BCUT2D eigenvalue weighted by Gasteiger charge is -2.16. The normalized spacial score (nSPS) is 11.7. The molecule has 0 aliphatic rings. The molecule has 30 heavy (non-hydrogen) atoms. The second-order valence-electron chi connectivity index (χ2n) is 6.81. The van der Waals surface area contributed by atoms with E-state index in [1.807, 2.05) is 6.92 Å². The Bertz CT molecular complexity index is 1230. The van der Waals surface area contributed by atoms with Crippen LogP contribution in [0.5, 0.6) is 0 Å². The van der Waals surface area contributed by atoms with E-state index >= 15 is 0 Å². The molecule has 3 aromatic rings. The Morgan fingerprint density at radius 3 is 2.57 bits per heavy atom. The van der Waals surface area contributed by atoms with Crippen molar-refractivity contribution in [1.29, 1.82) is 0 Å². The standard InChI is InChI=1S/C20H24N4O5S/c1-4-21-15-10-9-14(30(27,28)23(2)3)13-16(15)22-19(25)11-12-24-17-7-5-6-8-18(17)29-20(24)26/h5-10,13,21H,4,11-12H2,1-3H3,(H,22,25). The van der Waals surface area contributed by atoms with E-state index in [4.69, 9.17) is 4.42 Å². The highest BCUT2D eigenvalue weighted by molar-refractivity contribution is 7.89. The number of hydrogen-bond acceptors (Lipinski definition) is 6. The van der Waals surface area contributed by atoms with Crippen LogP contribution in [0, 0.1) is 0 Å². The van der Waals surface area contributed by atoms with Gasteiger partial charge in [-0.3, -0.25) is 9.36 Å². The van der Waals surface area contributed by atoms with Crippen molar-refractivity contribution in [3.05, 3.63) is 53.0 Å². The molecule has 160 valence electrons. The first-order valence-corrected chi connectivity index (χ1v) is 10.9. The number of hydrogen-bond donors (Lipinski definition) is 2. The average Bonchev–Trinajstić information content (AvgIpc) is 3.02. The molecular formula is C20H24N4O5S. The van der Waals surface area contributed by atoms with E-state index in [-0.39, 0.29) is 23.8 Å². The summed E-state index contributed by atoms with van der Waals surface area (Å²) in [5, 5.41) is 5.85. The summed E-state index contributed by atoms with van der Waals surface area (Å²) >= 11 is 0. The van der Waals surface area contributed by atoms with Gasteiger partial charge in [-0.15, -0.1) is 0 Å². The van der Waals surface area contributed by atoms with Gasteiger partial charge >= 0.3 is 5.76 Å². The summed E-state index contributed by atoms with van der Waals surface area (Å²) in [6, 6.07) is 11.5. The van der Waals surface area contributed by atoms with Crippen LogP contribution >= 0.6 is 0 Å². The molecule has 0 saturated heterocycles. The van der Waals surface area contributed by atoms with Gasteiger partial charge < -0.3 is 15.1 Å². The molecule has 0 aliphatic carbocycles. The molecule has 10 heteroatoms. The van der Waals surface area contributed by atoms with Crippen LogP contribution in [0.1, 0.15) is 13.3 Å². The fourth-order valence-electron chi connectivity index (χ4n) is 2.99. The zero-order chi connectivity index (χ0) is 21.9. The molecule has 2 aromatic carbocycles. The Labute approximate surface area is 174 Å². The highest BCUT2D eigenvalue weighted by Gasteiger charge is 2.19. The minimum atomic E-state index is -3.65. The lowest BCUT2D eigenvalue weighted by atomic mass is 10.2. The number of benzene rings is 2. The third-order valence-electron chi connectivity index (χ3n) is 4.55. The summed E-state index contributed by atoms with van der Waals surface area (Å²) < 4.78 is 32.5. The van der Waals surface area contributed by atoms with Gasteiger partial charge in [0.15, 0.2) is 5.58 Å². The van der Waals surface area contributed by atoms with Gasteiger partial charge in [0.2, 0.25) is 15.9 Å². The predicted molar refractivity (Wildman–Crippen MR) is 115 cm³/mol. The van der Waals surface area contributed by atoms with Gasteiger partial charge in [-0.2, -0.15) is 0 Å². The summed E-state index contributed by atoms with van der Waals surface area (Å²) in [6.07, 6.45) is 0.0135. The highest BCUT2D eigenvalue weighted by Crippen LogP contribution is 2.27. The molecule has 9 nitrogen and oxygen atoms in total. The van der Waals surface area contributed by atoms with E-state index in [2.05, 4.69) is 10.6 Å². The maximum absolute atomic E-state index is 12.6. The van der Waals surface area contributed by atoms with Gasteiger partial charge in [-0.25, -0.2) is 17.5 Å². The van der Waals surface area contributed by atoms with Crippen molar-refractivity contribution in [2.45, 2.75) is 24.8 Å². The Kier molecular flexibility index (Phi) is 6.28. The number of para-hydroxylation sites is 2. The maximum atomic E-state index is 12.6. The molecule has 0 bridgehead atoms. The quantitative estimate of drug-likeness (QED) is 0.565. The molecule has 1 aromatic heterocycles. The zero-order valence-corrected chi connectivity index (χ0v) is 17.8. The topological polar surface area (TPSA) is 114 Å². The zero-order valence-electron chi connectivity index (χ0n) is 17.0. The van der Waals surface area contributed by atoms with Crippen molar-refractivity contribution in [3.8, 4) is 0 Å². The number of fused-ring (bicyclic) bond motifs is 1. The summed E-state index contributed by atoms with van der Waals surface area (Å²) in [5.74, 6) is -0.887. The molecular weight excluding hydrogens is 408 g/mol. The lowest BCUT2D eigenvalue weighted by molar-refractivity contribution is -0.116. The molecule has 0 atom stereocenters. The molecule has 0 aliphatic heterocycles. The van der Waals surface area contributed by atoms with Gasteiger partial charge in [0.25, 0.3) is 0 Å². The van der Waals surface area contributed by atoms with E-state index in [1.165, 1.54) is 30.8 Å². The van der Waals surface area contributed by atoms with Gasteiger partial charge in [0, 0.05) is 33.6 Å². The molecule has 2 N–H and O–H groups in total. The van der Waals surface area contributed by atoms with E-state index in [0.29, 0.717) is 29.0 Å². The number of rotatable bonds is 8. The second kappa shape index (κ2) is 8.72. The van der Waals surface area contributed by atoms with Crippen molar-refractivity contribution in [3.63, 3.8) is 0 Å². The number of carbonyl (C=O) groups is 1. The van der Waals surface area contributed by atoms with Crippen molar-refractivity contribution >= 4 is 38.4 Å². The van der Waals surface area contributed by atoms with E-state index < -0.39 is 15.8 Å². The van der Waals surface area contributed by atoms with Gasteiger partial charge in [-0.1, -0.05) is 12.1 Å². The second-order valence-corrected chi connectivity index (χ2v) is 8.96. The van der Waals surface area contributed by atoms with Crippen LogP contribution in [0.25, 0.3) is 11.1 Å². The van der Waals surface area contributed by atoms with Crippen LogP contribution in [0.4, 0.5) is 11.4 Å². The number of oxazole rings is 1. The van der Waals surface area contributed by atoms with E-state index in [1.54, 1.807) is 30.3 Å². The molecule has 0 radical (unpaired) electrons. The average molecular weight is 433 g/mol. The molecule has 1 amide bonds. The van der Waals surface area contributed by atoms with Crippen molar-refractivity contribution in [1.82, 2.24) is 8.87 Å². The SMILES string of the molecule is CCNc1ccc(S(=O)(=O)N(C)C)cc1NC(=O)CCn1c(=O)oc2ccccc21. The molecule has 0 spiro atoms. The third-order valence-corrected chi connectivity index (χ3v) is 6.36. The molecule has 1 heterocycles. The number of nitrogens with one attached hydrogen (secondary N) is 2. The number of sulfonamides is 1. The fourth-order valence-corrected chi connectivity index (χ4v) is 3.92. The Hall–Kier alpha value is -3.11. The Morgan fingerprint density at radius 1 is 1.13 bits per heavy atom. The number of aryl methyl sites for hydroxylation is 1. The van der Waals surface area contributed by atoms with Crippen molar-refractivity contribution < 1.29 is 17.6 Å². The molecule has 0 unspecified atom stereocenters. The summed E-state index contributed by atoms with van der Waals surface area (Å²) in [5.41, 5.74) is 2.03. The monoisotopic (exact) mass is 432 g/mol. The predicted octanol–water partition coefficient (Wildman–Crippen LogP) is 2.31. The first-order valence-electron chi connectivity index (χ1n) is 9.42. The molecule has 0 saturated carbocycles. The van der Waals surface area contributed by atoms with E-state index in [9.17, 15) is 18.0 Å². The fraction of sp³-hybridized carbons (Fsp3) is 0.300. The maximum Gasteiger partial charge on any atom is 0.419 e. The van der Waals surface area contributed by atoms with Crippen LogP contribution < -0.4 is 16.4 Å². The minimum absolute atomic E-state index is 0.0135. The molecule has 3 rings (SSSR count). The Morgan fingerprint density at radius 2 is 1.87 bits per heavy atom. The van der Waals surface area contributed by atoms with Gasteiger partial charge in [0.1, 0.15) is 0 Å². The number of amides is 1. The first kappa shape index (κ1) is 21.6. The van der Waals surface area contributed by atoms with Gasteiger partial charge in [0.05, 0.1) is 21.8 Å². The van der Waals surface area contributed by atoms with E-state index in [0.717, 1.165) is 4.31 Å². The Balaban J connectivity index is 1.81. The number of anilines is 2. The minimum Gasteiger partial charge on any atom is -0.408 e. The largest absolute Gasteiger partial charge is 0.419 e. The number of carbonyl (C=O) groups excluding carboxylic acids is 1. The summed E-state index contributed by atoms with van der Waals surface area (Å²) in [7, 11) is -0.762. The first-order chi connectivity index (χ1) is 14.2. The van der Waals surface area contributed by atoms with Crippen LogP contribution in [0.2, 0.25) is 0 Å². The lowest BCUT2D eigenvalue weighted by Crippen LogP contribution is -2.23. The van der Waals surface area contributed by atoms with Gasteiger partial charge in [-0.05, 0) is 37.3 Å². The van der Waals surface area contributed by atoms with Crippen molar-refractivity contribution in [2.24, 2.45) is 0 Å². The van der Waals surface area contributed by atoms with Crippen molar-refractivity contribution in [2.75, 3.05) is 31.3 Å². The summed E-state index contributed by atoms with van der Waals surface area (Å²) in [6.45, 7) is 2.62. The van der Waals surface area contributed by atoms with Crippen LogP contribution in [0.3, 0.4) is 0 Å². The van der Waals surface area contributed by atoms with Crippen LogP contribution in [-0.4, -0.2) is 43.8 Å². The highest BCUT2D eigenvalue weighted by atomic mass is 32.2. The smallest absolute Gasteiger partial charge is 0.408 e. The molecule has 0 fully saturated rings.